The third-order valence-corrected chi connectivity index (χ3v) is 7.87. The number of thiazole rings is 1. The fourth-order valence-corrected chi connectivity index (χ4v) is 6.11. The van der Waals surface area contributed by atoms with Crippen LogP contribution in [0.5, 0.6) is 5.75 Å². The van der Waals surface area contributed by atoms with Crippen molar-refractivity contribution in [3.8, 4) is 5.75 Å². The van der Waals surface area contributed by atoms with E-state index in [0.717, 1.165) is 10.9 Å². The standard InChI is InChI=1S/C20H15BrClN3O3S2/c1-28-15-4-2-13(3-5-15)12-25(20-23-8-9-29-20)30(26,27)16-6-7-17-14(10-16)11-18(22)24-19(17)21/h2-11H,12H2,1H3. The largest absolute Gasteiger partial charge is 0.497 e. The van der Waals surface area contributed by atoms with Gasteiger partial charge in [-0.1, -0.05) is 29.8 Å². The van der Waals surface area contributed by atoms with E-state index in [-0.39, 0.29) is 16.6 Å². The van der Waals surface area contributed by atoms with Crippen LogP contribution >= 0.6 is 38.9 Å². The minimum Gasteiger partial charge on any atom is -0.497 e. The summed E-state index contributed by atoms with van der Waals surface area (Å²) in [5.74, 6) is 0.702. The lowest BCUT2D eigenvalue weighted by Gasteiger charge is -2.22. The molecule has 2 aromatic carbocycles. The van der Waals surface area contributed by atoms with Gasteiger partial charge in [-0.05, 0) is 57.2 Å². The Kier molecular flexibility index (Phi) is 5.97. The zero-order valence-corrected chi connectivity index (χ0v) is 19.6. The van der Waals surface area contributed by atoms with Crippen LogP contribution in [0.4, 0.5) is 5.13 Å². The average Bonchev–Trinajstić information content (AvgIpc) is 3.26. The molecule has 2 aromatic heterocycles. The Morgan fingerprint density at radius 3 is 2.60 bits per heavy atom. The number of hydrogen-bond donors (Lipinski definition) is 0. The van der Waals surface area contributed by atoms with Gasteiger partial charge in [0.25, 0.3) is 10.0 Å². The van der Waals surface area contributed by atoms with E-state index in [4.69, 9.17) is 16.3 Å². The Labute approximate surface area is 191 Å². The van der Waals surface area contributed by atoms with Crippen molar-refractivity contribution >= 4 is 64.8 Å². The minimum absolute atomic E-state index is 0.138. The number of nitrogens with zero attached hydrogens (tertiary/aromatic N) is 3. The van der Waals surface area contributed by atoms with E-state index in [1.54, 1.807) is 55.1 Å². The minimum atomic E-state index is -3.88. The molecule has 10 heteroatoms. The van der Waals surface area contributed by atoms with E-state index in [9.17, 15) is 8.42 Å². The van der Waals surface area contributed by atoms with Crippen LogP contribution in [0.2, 0.25) is 5.15 Å². The van der Waals surface area contributed by atoms with Gasteiger partial charge < -0.3 is 4.74 Å². The highest BCUT2D eigenvalue weighted by Gasteiger charge is 2.27. The van der Waals surface area contributed by atoms with E-state index in [1.807, 2.05) is 12.1 Å². The van der Waals surface area contributed by atoms with E-state index in [0.29, 0.717) is 20.9 Å². The van der Waals surface area contributed by atoms with Gasteiger partial charge >= 0.3 is 0 Å². The lowest BCUT2D eigenvalue weighted by atomic mass is 10.2. The van der Waals surface area contributed by atoms with E-state index in [1.165, 1.54) is 15.6 Å². The van der Waals surface area contributed by atoms with Gasteiger partial charge in [0.1, 0.15) is 15.5 Å². The Morgan fingerprint density at radius 1 is 1.17 bits per heavy atom. The Morgan fingerprint density at radius 2 is 1.93 bits per heavy atom. The fraction of sp³-hybridized carbons (Fsp3) is 0.100. The molecule has 2 heterocycles. The first-order valence-corrected chi connectivity index (χ1v) is 12.2. The molecule has 0 aliphatic heterocycles. The van der Waals surface area contributed by atoms with Gasteiger partial charge in [-0.3, -0.25) is 0 Å². The number of methoxy groups -OCH3 is 1. The predicted molar refractivity (Wildman–Crippen MR) is 123 cm³/mol. The van der Waals surface area contributed by atoms with Gasteiger partial charge in [0.15, 0.2) is 5.13 Å². The van der Waals surface area contributed by atoms with E-state index >= 15 is 0 Å². The van der Waals surface area contributed by atoms with Gasteiger partial charge in [0.05, 0.1) is 18.6 Å². The molecule has 154 valence electrons. The summed E-state index contributed by atoms with van der Waals surface area (Å²) in [5.41, 5.74) is 0.811. The van der Waals surface area contributed by atoms with Crippen LogP contribution in [-0.2, 0) is 16.6 Å². The van der Waals surface area contributed by atoms with Crippen molar-refractivity contribution in [2.75, 3.05) is 11.4 Å². The van der Waals surface area contributed by atoms with Crippen LogP contribution < -0.4 is 9.04 Å². The zero-order valence-electron chi connectivity index (χ0n) is 15.6. The molecule has 0 aliphatic rings. The second-order valence-corrected chi connectivity index (χ2v) is 10.2. The molecule has 0 saturated heterocycles. The summed E-state index contributed by atoms with van der Waals surface area (Å²) in [7, 11) is -2.30. The highest BCUT2D eigenvalue weighted by Crippen LogP contribution is 2.32. The first kappa shape index (κ1) is 21.0. The maximum absolute atomic E-state index is 13.6. The molecule has 0 amide bonds. The molecule has 0 N–H and O–H groups in total. The monoisotopic (exact) mass is 523 g/mol. The van der Waals surface area contributed by atoms with Crippen molar-refractivity contribution in [3.05, 3.63) is 75.4 Å². The van der Waals surface area contributed by atoms with Crippen molar-refractivity contribution in [1.82, 2.24) is 9.97 Å². The lowest BCUT2D eigenvalue weighted by Crippen LogP contribution is -2.30. The maximum Gasteiger partial charge on any atom is 0.266 e. The number of ether oxygens (including phenoxy) is 1. The van der Waals surface area contributed by atoms with Crippen molar-refractivity contribution < 1.29 is 13.2 Å². The highest BCUT2D eigenvalue weighted by molar-refractivity contribution is 9.10. The Hall–Kier alpha value is -2.20. The molecule has 4 aromatic rings. The highest BCUT2D eigenvalue weighted by atomic mass is 79.9. The number of aromatic nitrogens is 2. The lowest BCUT2D eigenvalue weighted by molar-refractivity contribution is 0.414. The third-order valence-electron chi connectivity index (χ3n) is 4.43. The van der Waals surface area contributed by atoms with Gasteiger partial charge in [-0.15, -0.1) is 11.3 Å². The molecule has 0 atom stereocenters. The van der Waals surface area contributed by atoms with Crippen molar-refractivity contribution in [3.63, 3.8) is 0 Å². The fourth-order valence-electron chi connectivity index (χ4n) is 2.94. The topological polar surface area (TPSA) is 72.4 Å². The average molecular weight is 525 g/mol. The summed E-state index contributed by atoms with van der Waals surface area (Å²) >= 11 is 10.7. The van der Waals surface area contributed by atoms with Crippen molar-refractivity contribution in [1.29, 1.82) is 0 Å². The van der Waals surface area contributed by atoms with Crippen LogP contribution in [0.15, 0.2) is 69.6 Å². The molecule has 0 spiro atoms. The molecule has 0 unspecified atom stereocenters. The first-order chi connectivity index (χ1) is 14.4. The third kappa shape index (κ3) is 4.15. The maximum atomic E-state index is 13.6. The number of anilines is 1. The summed E-state index contributed by atoms with van der Waals surface area (Å²) < 4.78 is 34.2. The number of halogens is 2. The zero-order chi connectivity index (χ0) is 21.3. The van der Waals surface area contributed by atoms with E-state index in [2.05, 4.69) is 25.9 Å². The predicted octanol–water partition coefficient (Wildman–Crippen LogP) is 5.51. The quantitative estimate of drug-likeness (QED) is 0.311. The molecular weight excluding hydrogens is 510 g/mol. The Bertz CT molecular complexity index is 1300. The normalized spacial score (nSPS) is 11.6. The van der Waals surface area contributed by atoms with Crippen molar-refractivity contribution in [2.45, 2.75) is 11.4 Å². The summed E-state index contributed by atoms with van der Waals surface area (Å²) in [6.07, 6.45) is 1.58. The molecule has 0 bridgehead atoms. The van der Waals surface area contributed by atoms with Gasteiger partial charge in [-0.25, -0.2) is 22.7 Å². The van der Waals surface area contributed by atoms with Gasteiger partial charge in [0.2, 0.25) is 0 Å². The summed E-state index contributed by atoms with van der Waals surface area (Å²) in [5, 5.41) is 3.86. The van der Waals surface area contributed by atoms with Gasteiger partial charge in [0, 0.05) is 17.0 Å². The SMILES string of the molecule is COc1ccc(CN(c2nccs2)S(=O)(=O)c2ccc3c(Br)nc(Cl)cc3c2)cc1. The molecule has 0 radical (unpaired) electrons. The number of pyridine rings is 1. The van der Waals surface area contributed by atoms with Crippen molar-refractivity contribution in [2.24, 2.45) is 0 Å². The number of benzene rings is 2. The number of fused-ring (bicyclic) bond motifs is 1. The van der Waals surface area contributed by atoms with Crippen LogP contribution in [0.25, 0.3) is 10.8 Å². The summed E-state index contributed by atoms with van der Waals surface area (Å²) in [4.78, 5) is 8.52. The number of sulfonamides is 1. The van der Waals surface area contributed by atoms with Crippen LogP contribution in [0.1, 0.15) is 5.56 Å². The Balaban J connectivity index is 1.78. The second kappa shape index (κ2) is 8.50. The molecule has 0 aliphatic carbocycles. The first-order valence-electron chi connectivity index (χ1n) is 8.69. The molecule has 0 saturated carbocycles. The summed E-state index contributed by atoms with van der Waals surface area (Å²) in [6, 6.07) is 13.8. The van der Waals surface area contributed by atoms with Gasteiger partial charge in [-0.2, -0.15) is 0 Å². The smallest absolute Gasteiger partial charge is 0.266 e. The van der Waals surface area contributed by atoms with Crippen LogP contribution in [0.3, 0.4) is 0 Å². The molecule has 0 fully saturated rings. The summed E-state index contributed by atoms with van der Waals surface area (Å²) in [6.45, 7) is 0.138. The number of rotatable bonds is 6. The molecular formula is C20H15BrClN3O3S2. The molecule has 30 heavy (non-hydrogen) atoms. The molecule has 6 nitrogen and oxygen atoms in total. The second-order valence-electron chi connectivity index (χ2n) is 6.29. The molecule has 4 rings (SSSR count). The van der Waals surface area contributed by atoms with Crippen LogP contribution in [0, 0.1) is 0 Å². The van der Waals surface area contributed by atoms with E-state index < -0.39 is 10.0 Å². The number of hydrogen-bond acceptors (Lipinski definition) is 6. The van der Waals surface area contributed by atoms with Crippen LogP contribution in [-0.4, -0.2) is 25.5 Å².